The fourth-order valence-corrected chi connectivity index (χ4v) is 3.03. The van der Waals surface area contributed by atoms with Crippen molar-refractivity contribution in [3.63, 3.8) is 0 Å². The number of carbonyl (C=O) groups excluding carboxylic acids is 2. The van der Waals surface area contributed by atoms with Crippen molar-refractivity contribution in [2.24, 2.45) is 11.7 Å². The van der Waals surface area contributed by atoms with Crippen LogP contribution in [0.4, 0.5) is 5.69 Å². The minimum absolute atomic E-state index is 0.0138. The monoisotopic (exact) mass is 290 g/mol. The van der Waals surface area contributed by atoms with E-state index in [1.807, 2.05) is 26.0 Å². The van der Waals surface area contributed by atoms with Crippen LogP contribution >= 0.6 is 0 Å². The lowest BCUT2D eigenvalue weighted by Gasteiger charge is -2.27. The van der Waals surface area contributed by atoms with E-state index < -0.39 is 0 Å². The Labute approximate surface area is 125 Å². The molecule has 4 N–H and O–H groups in total. The molecule has 2 amide bonds. The second-order valence-electron chi connectivity index (χ2n) is 6.05. The molecule has 5 heteroatoms. The summed E-state index contributed by atoms with van der Waals surface area (Å²) < 4.78 is 0. The van der Waals surface area contributed by atoms with Gasteiger partial charge < -0.3 is 16.0 Å². The van der Waals surface area contributed by atoms with Crippen LogP contribution in [0.25, 0.3) is 0 Å². The predicted molar refractivity (Wildman–Crippen MR) is 82.0 cm³/mol. The van der Waals surface area contributed by atoms with Crippen molar-refractivity contribution >= 4 is 17.5 Å². The van der Waals surface area contributed by atoms with Gasteiger partial charge in [0, 0.05) is 5.69 Å². The van der Waals surface area contributed by atoms with Crippen molar-refractivity contribution in [3.05, 3.63) is 29.3 Å². The summed E-state index contributed by atoms with van der Waals surface area (Å²) >= 11 is 0. The van der Waals surface area contributed by atoms with E-state index in [-0.39, 0.29) is 17.7 Å². The number of aryl methyl sites for hydroxylation is 2. The molecule has 1 heterocycles. The van der Waals surface area contributed by atoms with Crippen molar-refractivity contribution in [1.82, 2.24) is 0 Å². The van der Waals surface area contributed by atoms with E-state index in [1.165, 1.54) is 0 Å². The second kappa shape index (κ2) is 6.72. The summed E-state index contributed by atoms with van der Waals surface area (Å²) in [4.78, 5) is 24.5. The molecule has 1 fully saturated rings. The number of likely N-dealkylation sites (tertiary alicyclic amines) is 1. The number of nitrogens with two attached hydrogens (primary N) is 1. The first-order chi connectivity index (χ1) is 9.94. The van der Waals surface area contributed by atoms with Gasteiger partial charge in [-0.1, -0.05) is 6.07 Å². The Morgan fingerprint density at radius 1 is 1.29 bits per heavy atom. The van der Waals surface area contributed by atoms with Gasteiger partial charge in [-0.15, -0.1) is 0 Å². The van der Waals surface area contributed by atoms with E-state index in [1.54, 1.807) is 0 Å². The summed E-state index contributed by atoms with van der Waals surface area (Å²) in [6, 6.07) is 5.99. The second-order valence-corrected chi connectivity index (χ2v) is 6.05. The van der Waals surface area contributed by atoms with Crippen LogP contribution in [0.5, 0.6) is 0 Å². The molecule has 2 atom stereocenters. The minimum atomic E-state index is -0.248. The Hall–Kier alpha value is -1.88. The number of amides is 2. The Balaban J connectivity index is 1.90. The molecule has 0 aliphatic carbocycles. The SMILES string of the molecule is Cc1cc(C)cc(NC(=O)C[NH+]2CCC[C@H](C(N)=O)C2)c1. The van der Waals surface area contributed by atoms with Crippen LogP contribution < -0.4 is 16.0 Å². The number of rotatable bonds is 4. The van der Waals surface area contributed by atoms with Crippen molar-refractivity contribution < 1.29 is 14.5 Å². The Kier molecular flexibility index (Phi) is 4.96. The maximum atomic E-state index is 12.1. The molecule has 0 spiro atoms. The zero-order valence-corrected chi connectivity index (χ0v) is 12.7. The van der Waals surface area contributed by atoms with E-state index in [0.717, 1.165) is 41.1 Å². The number of primary amides is 1. The van der Waals surface area contributed by atoms with Gasteiger partial charge >= 0.3 is 0 Å². The number of carbonyl (C=O) groups is 2. The lowest BCUT2D eigenvalue weighted by molar-refractivity contribution is -0.899. The maximum absolute atomic E-state index is 12.1. The van der Waals surface area contributed by atoms with Gasteiger partial charge in [0.25, 0.3) is 5.91 Å². The fraction of sp³-hybridized carbons (Fsp3) is 0.500. The molecule has 1 aromatic carbocycles. The number of quaternary nitrogens is 1. The Morgan fingerprint density at radius 2 is 1.95 bits per heavy atom. The third kappa shape index (κ3) is 4.56. The summed E-state index contributed by atoms with van der Waals surface area (Å²) in [6.45, 7) is 5.99. The van der Waals surface area contributed by atoms with Crippen LogP contribution in [-0.2, 0) is 9.59 Å². The van der Waals surface area contributed by atoms with E-state index in [2.05, 4.69) is 11.4 Å². The first-order valence-electron chi connectivity index (χ1n) is 7.45. The van der Waals surface area contributed by atoms with Gasteiger partial charge in [0.2, 0.25) is 5.91 Å². The van der Waals surface area contributed by atoms with Crippen molar-refractivity contribution in [1.29, 1.82) is 0 Å². The lowest BCUT2D eigenvalue weighted by atomic mass is 9.97. The molecule has 1 saturated heterocycles. The van der Waals surface area contributed by atoms with Gasteiger partial charge in [-0.2, -0.15) is 0 Å². The number of hydrogen-bond donors (Lipinski definition) is 3. The highest BCUT2D eigenvalue weighted by Gasteiger charge is 2.28. The van der Waals surface area contributed by atoms with E-state index >= 15 is 0 Å². The Morgan fingerprint density at radius 3 is 2.57 bits per heavy atom. The van der Waals surface area contributed by atoms with Crippen LogP contribution in [-0.4, -0.2) is 31.4 Å². The maximum Gasteiger partial charge on any atom is 0.279 e. The molecule has 1 aliphatic heterocycles. The quantitative estimate of drug-likeness (QED) is 0.731. The summed E-state index contributed by atoms with van der Waals surface area (Å²) in [5.74, 6) is -0.357. The zero-order chi connectivity index (χ0) is 15.4. The highest BCUT2D eigenvalue weighted by atomic mass is 16.2. The predicted octanol–water partition coefficient (Wildman–Crippen LogP) is 0.0221. The standard InChI is InChI=1S/C16H23N3O2/c1-11-6-12(2)8-14(7-11)18-15(20)10-19-5-3-4-13(9-19)16(17)21/h6-8,13H,3-5,9-10H2,1-2H3,(H2,17,21)(H,18,20)/p+1/t13-/m0/s1. The lowest BCUT2D eigenvalue weighted by Crippen LogP contribution is -3.14. The fourth-order valence-electron chi connectivity index (χ4n) is 3.03. The third-order valence-electron chi connectivity index (χ3n) is 3.94. The minimum Gasteiger partial charge on any atom is -0.369 e. The molecule has 0 saturated carbocycles. The van der Waals surface area contributed by atoms with Gasteiger partial charge in [0.1, 0.15) is 0 Å². The largest absolute Gasteiger partial charge is 0.369 e. The molecule has 21 heavy (non-hydrogen) atoms. The topological polar surface area (TPSA) is 76.6 Å². The first-order valence-corrected chi connectivity index (χ1v) is 7.45. The zero-order valence-electron chi connectivity index (χ0n) is 12.7. The number of piperidine rings is 1. The van der Waals surface area contributed by atoms with Gasteiger partial charge in [-0.05, 0) is 49.9 Å². The van der Waals surface area contributed by atoms with Crippen molar-refractivity contribution in [2.45, 2.75) is 26.7 Å². The Bertz CT molecular complexity index is 522. The highest BCUT2D eigenvalue weighted by molar-refractivity contribution is 5.91. The van der Waals surface area contributed by atoms with Gasteiger partial charge in [0.05, 0.1) is 19.0 Å². The van der Waals surface area contributed by atoms with Crippen molar-refractivity contribution in [3.8, 4) is 0 Å². The summed E-state index contributed by atoms with van der Waals surface area (Å²) in [6.07, 6.45) is 1.79. The van der Waals surface area contributed by atoms with Crippen molar-refractivity contribution in [2.75, 3.05) is 25.0 Å². The molecular formula is C16H24N3O2+. The summed E-state index contributed by atoms with van der Waals surface area (Å²) in [5, 5.41) is 2.94. The van der Waals surface area contributed by atoms with Crippen LogP contribution in [0, 0.1) is 19.8 Å². The molecule has 0 bridgehead atoms. The average Bonchev–Trinajstić information content (AvgIpc) is 2.37. The van der Waals surface area contributed by atoms with Crippen LogP contribution in [0.15, 0.2) is 18.2 Å². The van der Waals surface area contributed by atoms with E-state index in [4.69, 9.17) is 5.73 Å². The number of benzene rings is 1. The molecule has 0 aromatic heterocycles. The molecule has 0 radical (unpaired) electrons. The number of hydrogen-bond acceptors (Lipinski definition) is 2. The van der Waals surface area contributed by atoms with Crippen LogP contribution in [0.3, 0.4) is 0 Å². The summed E-state index contributed by atoms with van der Waals surface area (Å²) in [5.41, 5.74) is 8.46. The van der Waals surface area contributed by atoms with Gasteiger partial charge in [-0.3, -0.25) is 9.59 Å². The molecule has 1 aliphatic rings. The van der Waals surface area contributed by atoms with Gasteiger partial charge in [0.15, 0.2) is 6.54 Å². The molecule has 1 unspecified atom stereocenters. The molecule has 2 rings (SSSR count). The first kappa shape index (κ1) is 15.5. The number of anilines is 1. The normalized spacial score (nSPS) is 21.8. The average molecular weight is 290 g/mol. The smallest absolute Gasteiger partial charge is 0.279 e. The molecule has 1 aromatic rings. The van der Waals surface area contributed by atoms with Crippen LogP contribution in [0.1, 0.15) is 24.0 Å². The number of nitrogens with one attached hydrogen (secondary N) is 2. The van der Waals surface area contributed by atoms with Gasteiger partial charge in [-0.25, -0.2) is 0 Å². The van der Waals surface area contributed by atoms with E-state index in [0.29, 0.717) is 13.1 Å². The molecule has 114 valence electrons. The van der Waals surface area contributed by atoms with Crippen LogP contribution in [0.2, 0.25) is 0 Å². The molecular weight excluding hydrogens is 266 g/mol. The molecule has 5 nitrogen and oxygen atoms in total. The summed E-state index contributed by atoms with van der Waals surface area (Å²) in [7, 11) is 0. The highest BCUT2D eigenvalue weighted by Crippen LogP contribution is 2.13. The van der Waals surface area contributed by atoms with E-state index in [9.17, 15) is 9.59 Å². The third-order valence-corrected chi connectivity index (χ3v) is 3.94.